The van der Waals surface area contributed by atoms with Crippen LogP contribution in [0.3, 0.4) is 0 Å². The van der Waals surface area contributed by atoms with Crippen LogP contribution < -0.4 is 0 Å². The summed E-state index contributed by atoms with van der Waals surface area (Å²) in [6.07, 6.45) is 3.61. The molecule has 1 unspecified atom stereocenters. The number of aliphatic hydroxyl groups excluding tert-OH is 2. The van der Waals surface area contributed by atoms with Gasteiger partial charge in [0.25, 0.3) is 0 Å². The average molecular weight is 170 g/mol. The summed E-state index contributed by atoms with van der Waals surface area (Å²) in [6, 6.07) is 0. The molecule has 0 saturated heterocycles. The van der Waals surface area contributed by atoms with Gasteiger partial charge in [-0.25, -0.2) is 0 Å². The van der Waals surface area contributed by atoms with E-state index in [0.29, 0.717) is 25.0 Å². The van der Waals surface area contributed by atoms with Gasteiger partial charge in [0.1, 0.15) is 0 Å². The molecule has 70 valence electrons. The average Bonchev–Trinajstić information content (AvgIpc) is 2.16. The minimum Gasteiger partial charge on any atom is -0.396 e. The fraction of sp³-hybridized carbons (Fsp3) is 1.00. The van der Waals surface area contributed by atoms with Crippen molar-refractivity contribution in [2.45, 2.75) is 26.2 Å². The molecule has 0 radical (unpaired) electrons. The van der Waals surface area contributed by atoms with E-state index >= 15 is 0 Å². The number of rotatable bonds is 2. The number of fused-ring (bicyclic) bond motifs is 2. The molecule has 2 heteroatoms. The number of hydrogen-bond donors (Lipinski definition) is 2. The first-order valence-corrected chi connectivity index (χ1v) is 4.94. The monoisotopic (exact) mass is 170 g/mol. The van der Waals surface area contributed by atoms with E-state index in [0.717, 1.165) is 5.92 Å². The van der Waals surface area contributed by atoms with Gasteiger partial charge in [0, 0.05) is 13.2 Å². The van der Waals surface area contributed by atoms with E-state index in [1.807, 2.05) is 0 Å². The molecule has 2 N–H and O–H groups in total. The van der Waals surface area contributed by atoms with Crippen molar-refractivity contribution in [2.75, 3.05) is 13.2 Å². The van der Waals surface area contributed by atoms with Gasteiger partial charge in [-0.3, -0.25) is 0 Å². The second-order valence-electron chi connectivity index (χ2n) is 4.72. The minimum atomic E-state index is 0.144. The summed E-state index contributed by atoms with van der Waals surface area (Å²) in [7, 11) is 0. The van der Waals surface area contributed by atoms with Gasteiger partial charge < -0.3 is 10.2 Å². The SMILES string of the molecule is CC1(CO)[C@@H]2CC[C@@H](CO)[C@H]1C2. The minimum absolute atomic E-state index is 0.144. The van der Waals surface area contributed by atoms with Crippen LogP contribution in [-0.4, -0.2) is 23.4 Å². The first kappa shape index (κ1) is 8.52. The van der Waals surface area contributed by atoms with Gasteiger partial charge in [-0.15, -0.1) is 0 Å². The summed E-state index contributed by atoms with van der Waals surface area (Å²) in [5.74, 6) is 1.79. The fourth-order valence-electron chi connectivity index (χ4n) is 3.25. The Morgan fingerprint density at radius 1 is 1.33 bits per heavy atom. The molecule has 0 heterocycles. The molecule has 2 bridgehead atoms. The van der Waals surface area contributed by atoms with Crippen molar-refractivity contribution in [3.8, 4) is 0 Å². The van der Waals surface area contributed by atoms with E-state index < -0.39 is 0 Å². The Hall–Kier alpha value is -0.0800. The highest BCUT2D eigenvalue weighted by Crippen LogP contribution is 2.61. The second kappa shape index (κ2) is 2.71. The summed E-state index contributed by atoms with van der Waals surface area (Å²) >= 11 is 0. The molecule has 0 aromatic rings. The van der Waals surface area contributed by atoms with Crippen molar-refractivity contribution in [1.82, 2.24) is 0 Å². The van der Waals surface area contributed by atoms with Crippen LogP contribution in [0.15, 0.2) is 0 Å². The summed E-state index contributed by atoms with van der Waals surface area (Å²) in [5, 5.41) is 18.4. The van der Waals surface area contributed by atoms with Crippen LogP contribution in [0.2, 0.25) is 0 Å². The molecule has 0 amide bonds. The van der Waals surface area contributed by atoms with Gasteiger partial charge in [-0.1, -0.05) is 6.92 Å². The largest absolute Gasteiger partial charge is 0.396 e. The maximum atomic E-state index is 9.28. The van der Waals surface area contributed by atoms with Gasteiger partial charge >= 0.3 is 0 Å². The first-order chi connectivity index (χ1) is 5.72. The molecule has 4 atom stereocenters. The van der Waals surface area contributed by atoms with Gasteiger partial charge in [0.05, 0.1) is 0 Å². The maximum absolute atomic E-state index is 9.28. The highest BCUT2D eigenvalue weighted by Gasteiger charge is 2.56. The van der Waals surface area contributed by atoms with Crippen LogP contribution in [0.5, 0.6) is 0 Å². The third-order valence-electron chi connectivity index (χ3n) is 4.35. The van der Waals surface area contributed by atoms with Crippen molar-refractivity contribution < 1.29 is 10.2 Å². The summed E-state index contributed by atoms with van der Waals surface area (Å²) in [6.45, 7) is 2.79. The van der Waals surface area contributed by atoms with Crippen LogP contribution in [0.1, 0.15) is 26.2 Å². The van der Waals surface area contributed by atoms with E-state index in [4.69, 9.17) is 5.11 Å². The highest BCUT2D eigenvalue weighted by molar-refractivity contribution is 5.05. The van der Waals surface area contributed by atoms with Crippen LogP contribution >= 0.6 is 0 Å². The van der Waals surface area contributed by atoms with Crippen molar-refractivity contribution in [3.63, 3.8) is 0 Å². The van der Waals surface area contributed by atoms with Crippen molar-refractivity contribution in [1.29, 1.82) is 0 Å². The Kier molecular flexibility index (Phi) is 1.92. The predicted molar refractivity (Wildman–Crippen MR) is 46.6 cm³/mol. The standard InChI is InChI=1S/C10H18O2/c1-10(6-12)8-3-2-7(5-11)9(10)4-8/h7-9,11-12H,2-6H2,1H3/t7-,8+,9+,10?/m0/s1. The summed E-state index contributed by atoms with van der Waals surface area (Å²) in [4.78, 5) is 0. The van der Waals surface area contributed by atoms with Gasteiger partial charge in [0.15, 0.2) is 0 Å². The zero-order chi connectivity index (χ0) is 8.77. The molecule has 0 spiro atoms. The van der Waals surface area contributed by atoms with E-state index in [9.17, 15) is 5.11 Å². The molecule has 3 saturated carbocycles. The zero-order valence-corrected chi connectivity index (χ0v) is 7.66. The third kappa shape index (κ3) is 0.882. The summed E-state index contributed by atoms with van der Waals surface area (Å²) < 4.78 is 0. The lowest BCUT2D eigenvalue weighted by atomic mass is 9.45. The van der Waals surface area contributed by atoms with Crippen LogP contribution in [0.4, 0.5) is 0 Å². The fourth-order valence-corrected chi connectivity index (χ4v) is 3.25. The molecule has 3 aliphatic rings. The zero-order valence-electron chi connectivity index (χ0n) is 7.66. The Bertz CT molecular complexity index is 179. The lowest BCUT2D eigenvalue weighted by Crippen LogP contribution is -2.56. The van der Waals surface area contributed by atoms with E-state index in [1.165, 1.54) is 19.3 Å². The van der Waals surface area contributed by atoms with Gasteiger partial charge in [-0.2, -0.15) is 0 Å². The Labute approximate surface area is 73.6 Å². The van der Waals surface area contributed by atoms with E-state index in [1.54, 1.807) is 0 Å². The van der Waals surface area contributed by atoms with Crippen LogP contribution in [0, 0.1) is 23.2 Å². The summed E-state index contributed by atoms with van der Waals surface area (Å²) in [5.41, 5.74) is 0.144. The molecule has 3 fully saturated rings. The van der Waals surface area contributed by atoms with E-state index in [2.05, 4.69) is 6.92 Å². The topological polar surface area (TPSA) is 40.5 Å². The molecule has 0 aromatic heterocycles. The lowest BCUT2D eigenvalue weighted by molar-refractivity contribution is -0.152. The molecule has 0 aromatic carbocycles. The quantitative estimate of drug-likeness (QED) is 0.649. The molecular formula is C10H18O2. The maximum Gasteiger partial charge on any atom is 0.0490 e. The van der Waals surface area contributed by atoms with Gasteiger partial charge in [-0.05, 0) is 42.4 Å². The second-order valence-corrected chi connectivity index (χ2v) is 4.72. The lowest BCUT2D eigenvalue weighted by Gasteiger charge is -2.60. The van der Waals surface area contributed by atoms with E-state index in [-0.39, 0.29) is 5.41 Å². The number of aliphatic hydroxyl groups is 2. The Balaban J connectivity index is 2.11. The molecule has 3 rings (SSSR count). The van der Waals surface area contributed by atoms with Gasteiger partial charge in [0.2, 0.25) is 0 Å². The van der Waals surface area contributed by atoms with Crippen molar-refractivity contribution >= 4 is 0 Å². The third-order valence-corrected chi connectivity index (χ3v) is 4.35. The van der Waals surface area contributed by atoms with Crippen LogP contribution in [-0.2, 0) is 0 Å². The molecule has 0 aliphatic heterocycles. The number of hydrogen-bond acceptors (Lipinski definition) is 2. The smallest absolute Gasteiger partial charge is 0.0490 e. The highest BCUT2D eigenvalue weighted by atomic mass is 16.3. The predicted octanol–water partition coefficient (Wildman–Crippen LogP) is 1.02. The molecule has 2 nitrogen and oxygen atoms in total. The van der Waals surface area contributed by atoms with Crippen molar-refractivity contribution in [3.05, 3.63) is 0 Å². The normalized spacial score (nSPS) is 51.8. The molecule has 12 heavy (non-hydrogen) atoms. The van der Waals surface area contributed by atoms with Crippen molar-refractivity contribution in [2.24, 2.45) is 23.2 Å². The Morgan fingerprint density at radius 3 is 2.58 bits per heavy atom. The Morgan fingerprint density at radius 2 is 2.08 bits per heavy atom. The molecule has 3 aliphatic carbocycles. The first-order valence-electron chi connectivity index (χ1n) is 4.94. The van der Waals surface area contributed by atoms with Crippen LogP contribution in [0.25, 0.3) is 0 Å². The molecular weight excluding hydrogens is 152 g/mol.